The predicted molar refractivity (Wildman–Crippen MR) is 115 cm³/mol. The molecular weight excluding hydrogens is 324 g/mol. The zero-order valence-corrected chi connectivity index (χ0v) is 15.8. The van der Waals surface area contributed by atoms with Crippen molar-refractivity contribution in [1.82, 2.24) is 0 Å². The zero-order chi connectivity index (χ0) is 18.0. The molecule has 0 saturated heterocycles. The SMILES string of the molecule is C[C@@H]1C[C@H]2CCc3ccc4ccccc4c3[C@H]2c2c1ccc1ccccc21. The summed E-state index contributed by atoms with van der Waals surface area (Å²) in [5.74, 6) is 1.95. The topological polar surface area (TPSA) is 0 Å². The summed E-state index contributed by atoms with van der Waals surface area (Å²) in [4.78, 5) is 0. The van der Waals surface area contributed by atoms with E-state index in [2.05, 4.69) is 79.7 Å². The van der Waals surface area contributed by atoms with Gasteiger partial charge in [-0.25, -0.2) is 0 Å². The Bertz CT molecular complexity index is 1180. The van der Waals surface area contributed by atoms with Gasteiger partial charge in [0.2, 0.25) is 0 Å². The highest BCUT2D eigenvalue weighted by Gasteiger charge is 2.39. The Kier molecular flexibility index (Phi) is 3.26. The Morgan fingerprint density at radius 2 is 1.37 bits per heavy atom. The number of hydrogen-bond donors (Lipinski definition) is 0. The lowest BCUT2D eigenvalue weighted by atomic mass is 9.61. The van der Waals surface area contributed by atoms with Crippen LogP contribution in [0, 0.1) is 5.92 Å². The predicted octanol–water partition coefficient (Wildman–Crippen LogP) is 7.19. The lowest BCUT2D eigenvalue weighted by molar-refractivity contribution is 0.339. The molecule has 0 spiro atoms. The van der Waals surface area contributed by atoms with Crippen LogP contribution in [-0.4, -0.2) is 0 Å². The van der Waals surface area contributed by atoms with Crippen molar-refractivity contribution in [2.45, 2.75) is 38.0 Å². The summed E-state index contributed by atoms with van der Waals surface area (Å²) in [6.07, 6.45) is 3.87. The Balaban J connectivity index is 1.73. The van der Waals surface area contributed by atoms with Crippen LogP contribution in [-0.2, 0) is 6.42 Å². The van der Waals surface area contributed by atoms with Crippen molar-refractivity contribution < 1.29 is 0 Å². The lowest BCUT2D eigenvalue weighted by Gasteiger charge is -2.42. The van der Waals surface area contributed by atoms with Crippen molar-refractivity contribution in [3.8, 4) is 0 Å². The van der Waals surface area contributed by atoms with Gasteiger partial charge in [-0.3, -0.25) is 0 Å². The van der Waals surface area contributed by atoms with Crippen LogP contribution in [0.2, 0.25) is 0 Å². The normalized spacial score (nSPS) is 23.7. The molecule has 4 aromatic rings. The quantitative estimate of drug-likeness (QED) is 0.315. The molecule has 0 aromatic heterocycles. The van der Waals surface area contributed by atoms with Gasteiger partial charge >= 0.3 is 0 Å². The smallest absolute Gasteiger partial charge is 0.0136 e. The molecule has 0 amide bonds. The van der Waals surface area contributed by atoms with E-state index < -0.39 is 0 Å². The maximum absolute atomic E-state index is 2.43. The molecular formula is C27H24. The molecule has 0 N–H and O–H groups in total. The van der Waals surface area contributed by atoms with E-state index in [4.69, 9.17) is 0 Å². The third-order valence-corrected chi connectivity index (χ3v) is 7.13. The van der Waals surface area contributed by atoms with Gasteiger partial charge in [-0.15, -0.1) is 0 Å². The van der Waals surface area contributed by atoms with Gasteiger partial charge in [0.1, 0.15) is 0 Å². The summed E-state index contributed by atoms with van der Waals surface area (Å²) in [5.41, 5.74) is 6.39. The first-order valence-corrected chi connectivity index (χ1v) is 10.3. The highest BCUT2D eigenvalue weighted by Crippen LogP contribution is 2.54. The molecule has 2 aliphatic rings. The van der Waals surface area contributed by atoms with E-state index >= 15 is 0 Å². The molecule has 132 valence electrons. The van der Waals surface area contributed by atoms with Crippen molar-refractivity contribution in [2.24, 2.45) is 5.92 Å². The largest absolute Gasteiger partial charge is 0.0616 e. The summed E-state index contributed by atoms with van der Waals surface area (Å²) in [7, 11) is 0. The van der Waals surface area contributed by atoms with E-state index in [1.807, 2.05) is 0 Å². The first kappa shape index (κ1) is 15.5. The number of benzene rings is 4. The van der Waals surface area contributed by atoms with Crippen LogP contribution in [0.15, 0.2) is 72.8 Å². The summed E-state index contributed by atoms with van der Waals surface area (Å²) in [6, 6.07) is 27.5. The average Bonchev–Trinajstić information content (AvgIpc) is 2.73. The molecule has 0 unspecified atom stereocenters. The third-order valence-electron chi connectivity index (χ3n) is 7.13. The first-order chi connectivity index (χ1) is 13.3. The summed E-state index contributed by atoms with van der Waals surface area (Å²) < 4.78 is 0. The van der Waals surface area contributed by atoms with Gasteiger partial charge in [0.15, 0.2) is 0 Å². The summed E-state index contributed by atoms with van der Waals surface area (Å²) in [6.45, 7) is 2.43. The minimum Gasteiger partial charge on any atom is -0.0616 e. The second-order valence-electron chi connectivity index (χ2n) is 8.56. The molecule has 2 aliphatic carbocycles. The molecule has 0 fully saturated rings. The maximum Gasteiger partial charge on any atom is 0.0136 e. The molecule has 4 aromatic carbocycles. The minimum absolute atomic E-state index is 0.539. The van der Waals surface area contributed by atoms with Crippen LogP contribution in [0.5, 0.6) is 0 Å². The van der Waals surface area contributed by atoms with Crippen molar-refractivity contribution in [1.29, 1.82) is 0 Å². The Morgan fingerprint density at radius 1 is 0.704 bits per heavy atom. The fourth-order valence-corrected chi connectivity index (χ4v) is 5.97. The van der Waals surface area contributed by atoms with Gasteiger partial charge in [0, 0.05) is 5.92 Å². The molecule has 0 saturated carbocycles. The molecule has 0 nitrogen and oxygen atoms in total. The molecule has 3 atom stereocenters. The molecule has 0 aliphatic heterocycles. The van der Waals surface area contributed by atoms with Gasteiger partial charge in [-0.05, 0) is 74.9 Å². The van der Waals surface area contributed by atoms with Crippen LogP contribution >= 0.6 is 0 Å². The van der Waals surface area contributed by atoms with Gasteiger partial charge in [-0.2, -0.15) is 0 Å². The standard InChI is InChI=1S/C27H24/c1-17-16-21-13-12-20-11-10-18-6-2-4-8-23(18)25(20)26(21)27-22(17)15-14-19-7-3-5-9-24(19)27/h2-11,14-15,17,21,26H,12-13,16H2,1H3/t17-,21-,26+/m1/s1. The van der Waals surface area contributed by atoms with E-state index in [1.165, 1.54) is 40.8 Å². The van der Waals surface area contributed by atoms with E-state index in [9.17, 15) is 0 Å². The molecule has 0 bridgehead atoms. The fraction of sp³-hybridized carbons (Fsp3) is 0.259. The van der Waals surface area contributed by atoms with Crippen molar-refractivity contribution in [3.05, 3.63) is 95.1 Å². The minimum atomic E-state index is 0.539. The third kappa shape index (κ3) is 2.16. The monoisotopic (exact) mass is 348 g/mol. The number of hydrogen-bond acceptors (Lipinski definition) is 0. The van der Waals surface area contributed by atoms with Crippen LogP contribution < -0.4 is 0 Å². The van der Waals surface area contributed by atoms with E-state index in [0.717, 1.165) is 5.92 Å². The average molecular weight is 348 g/mol. The van der Waals surface area contributed by atoms with E-state index in [0.29, 0.717) is 11.8 Å². The lowest BCUT2D eigenvalue weighted by Crippen LogP contribution is -2.29. The van der Waals surface area contributed by atoms with Gasteiger partial charge in [0.05, 0.1) is 0 Å². The van der Waals surface area contributed by atoms with Crippen molar-refractivity contribution >= 4 is 21.5 Å². The second-order valence-corrected chi connectivity index (χ2v) is 8.56. The Morgan fingerprint density at radius 3 is 2.15 bits per heavy atom. The van der Waals surface area contributed by atoms with E-state index in [1.54, 1.807) is 22.3 Å². The molecule has 0 heterocycles. The fourth-order valence-electron chi connectivity index (χ4n) is 5.97. The summed E-state index contributed by atoms with van der Waals surface area (Å²) >= 11 is 0. The van der Waals surface area contributed by atoms with Crippen LogP contribution in [0.25, 0.3) is 21.5 Å². The molecule has 27 heavy (non-hydrogen) atoms. The molecule has 6 rings (SSSR count). The maximum atomic E-state index is 2.43. The van der Waals surface area contributed by atoms with Gasteiger partial charge in [-0.1, -0.05) is 79.7 Å². The zero-order valence-electron chi connectivity index (χ0n) is 15.8. The van der Waals surface area contributed by atoms with Crippen LogP contribution in [0.1, 0.15) is 53.9 Å². The van der Waals surface area contributed by atoms with Crippen molar-refractivity contribution in [3.63, 3.8) is 0 Å². The van der Waals surface area contributed by atoms with Crippen LogP contribution in [0.3, 0.4) is 0 Å². The number of rotatable bonds is 0. The van der Waals surface area contributed by atoms with Gasteiger partial charge < -0.3 is 0 Å². The summed E-state index contributed by atoms with van der Waals surface area (Å²) in [5, 5.41) is 5.71. The highest BCUT2D eigenvalue weighted by atomic mass is 14.4. The Labute approximate surface area is 160 Å². The van der Waals surface area contributed by atoms with Crippen LogP contribution in [0.4, 0.5) is 0 Å². The number of aryl methyl sites for hydroxylation is 1. The molecule has 0 heteroatoms. The van der Waals surface area contributed by atoms with E-state index in [-0.39, 0.29) is 0 Å². The van der Waals surface area contributed by atoms with Crippen molar-refractivity contribution in [2.75, 3.05) is 0 Å². The highest BCUT2D eigenvalue weighted by molar-refractivity contribution is 5.92. The molecule has 0 radical (unpaired) electrons. The Hall–Kier alpha value is -2.60. The van der Waals surface area contributed by atoms with Gasteiger partial charge in [0.25, 0.3) is 0 Å². The second kappa shape index (κ2) is 5.70. The first-order valence-electron chi connectivity index (χ1n) is 10.3. The number of fused-ring (bicyclic) bond motifs is 9.